The molecule has 8 heteroatoms. The molecule has 0 unspecified atom stereocenters. The quantitative estimate of drug-likeness (QED) is 0.299. The molecule has 176 valence electrons. The Morgan fingerprint density at radius 2 is 1.89 bits per heavy atom. The Balaban J connectivity index is 1.81. The first-order valence-corrected chi connectivity index (χ1v) is 11.4. The smallest absolute Gasteiger partial charge is 0.269 e. The number of hydrogen-bond acceptors (Lipinski definition) is 7. The highest BCUT2D eigenvalue weighted by Gasteiger charge is 2.63. The molecule has 0 radical (unpaired) electrons. The predicted molar refractivity (Wildman–Crippen MR) is 133 cm³/mol. The van der Waals surface area contributed by atoms with E-state index in [1.54, 1.807) is 41.4 Å². The number of nitro groups is 1. The lowest BCUT2D eigenvalue weighted by molar-refractivity contribution is -0.384. The lowest BCUT2D eigenvalue weighted by Crippen LogP contribution is -2.44. The van der Waals surface area contributed by atoms with E-state index in [1.807, 2.05) is 32.0 Å². The molecule has 1 fully saturated rings. The first-order valence-electron chi connectivity index (χ1n) is 11.4. The minimum Gasteiger partial charge on any atom is -0.349 e. The lowest BCUT2D eigenvalue weighted by atomic mass is 9.69. The molecule has 8 nitrogen and oxygen atoms in total. The third kappa shape index (κ3) is 3.27. The molecule has 0 spiro atoms. The first kappa shape index (κ1) is 22.9. The van der Waals surface area contributed by atoms with E-state index in [0.29, 0.717) is 22.5 Å². The normalized spacial score (nSPS) is 21.1. The van der Waals surface area contributed by atoms with Crippen LogP contribution < -0.4 is 4.90 Å². The molecule has 1 saturated heterocycles. The van der Waals surface area contributed by atoms with Gasteiger partial charge in [-0.15, -0.1) is 0 Å². The van der Waals surface area contributed by atoms with Crippen LogP contribution in [0.15, 0.2) is 66.9 Å². The summed E-state index contributed by atoms with van der Waals surface area (Å²) in [5.74, 6) is -1.21. The second-order valence-corrected chi connectivity index (χ2v) is 9.17. The van der Waals surface area contributed by atoms with E-state index in [2.05, 4.69) is 17.1 Å². The van der Waals surface area contributed by atoms with Gasteiger partial charge < -0.3 is 4.90 Å². The number of ketones is 1. The van der Waals surface area contributed by atoms with Crippen molar-refractivity contribution >= 4 is 23.2 Å². The monoisotopic (exact) mass is 475 g/mol. The summed E-state index contributed by atoms with van der Waals surface area (Å²) >= 11 is 0. The molecule has 3 aromatic rings. The SMILES string of the molecule is Cc1ccc(C(=O)[C@@H]2[C@H](c3cccc([N+](=O)[O-])c3)C(C#N)(C#N)[C@@H]3C=Cc4ncccc4N23)c(C)c1. The number of benzene rings is 2. The van der Waals surface area contributed by atoms with Crippen molar-refractivity contribution in [2.45, 2.75) is 31.8 Å². The number of non-ortho nitro benzene ring substituents is 1. The second-order valence-electron chi connectivity index (χ2n) is 9.17. The maximum Gasteiger partial charge on any atom is 0.269 e. The number of rotatable bonds is 4. The molecule has 0 aliphatic carbocycles. The van der Waals surface area contributed by atoms with E-state index in [4.69, 9.17) is 0 Å². The summed E-state index contributed by atoms with van der Waals surface area (Å²) in [6, 6.07) is 17.7. The van der Waals surface area contributed by atoms with Crippen LogP contribution in [0.25, 0.3) is 6.08 Å². The Bertz CT molecular complexity index is 1520. The maximum absolute atomic E-state index is 14.3. The molecule has 2 aromatic carbocycles. The van der Waals surface area contributed by atoms with Crippen molar-refractivity contribution in [3.63, 3.8) is 0 Å². The highest BCUT2D eigenvalue weighted by molar-refractivity contribution is 6.05. The van der Waals surface area contributed by atoms with Gasteiger partial charge in [-0.25, -0.2) is 0 Å². The van der Waals surface area contributed by atoms with Gasteiger partial charge >= 0.3 is 0 Å². The minimum atomic E-state index is -1.68. The zero-order chi connectivity index (χ0) is 25.6. The summed E-state index contributed by atoms with van der Waals surface area (Å²) in [6.45, 7) is 3.79. The number of carbonyl (C=O) groups is 1. The number of anilines is 1. The molecular formula is C28H21N5O3. The molecular weight excluding hydrogens is 454 g/mol. The van der Waals surface area contributed by atoms with Crippen LogP contribution in [0.5, 0.6) is 0 Å². The fourth-order valence-electron chi connectivity index (χ4n) is 5.57. The predicted octanol–water partition coefficient (Wildman–Crippen LogP) is 4.89. The van der Waals surface area contributed by atoms with Crippen LogP contribution in [0.4, 0.5) is 11.4 Å². The fourth-order valence-corrected chi connectivity index (χ4v) is 5.57. The van der Waals surface area contributed by atoms with Crippen LogP contribution in [0.1, 0.15) is 38.7 Å². The Morgan fingerprint density at radius 3 is 2.58 bits per heavy atom. The van der Waals surface area contributed by atoms with Gasteiger partial charge in [-0.1, -0.05) is 42.0 Å². The van der Waals surface area contributed by atoms with Crippen molar-refractivity contribution in [2.75, 3.05) is 4.90 Å². The number of aryl methyl sites for hydroxylation is 2. The van der Waals surface area contributed by atoms with E-state index >= 15 is 0 Å². The summed E-state index contributed by atoms with van der Waals surface area (Å²) in [5, 5.41) is 32.5. The molecule has 2 aliphatic rings. The van der Waals surface area contributed by atoms with Gasteiger partial charge in [0, 0.05) is 29.8 Å². The third-order valence-corrected chi connectivity index (χ3v) is 7.13. The van der Waals surface area contributed by atoms with Crippen molar-refractivity contribution < 1.29 is 9.72 Å². The molecule has 36 heavy (non-hydrogen) atoms. The highest BCUT2D eigenvalue weighted by atomic mass is 16.6. The molecule has 0 saturated carbocycles. The van der Waals surface area contributed by atoms with Crippen molar-refractivity contribution in [1.29, 1.82) is 10.5 Å². The number of nitro benzene ring substituents is 1. The molecule has 0 amide bonds. The van der Waals surface area contributed by atoms with Crippen LogP contribution in [0.2, 0.25) is 0 Å². The summed E-state index contributed by atoms with van der Waals surface area (Å²) in [7, 11) is 0. The Hall–Kier alpha value is -4.82. The number of Topliss-reactive ketones (excluding diaryl/α,β-unsaturated/α-hetero) is 1. The Kier molecular flexibility index (Phi) is 5.38. The summed E-state index contributed by atoms with van der Waals surface area (Å²) < 4.78 is 0. The number of nitrogens with zero attached hydrogens (tertiary/aromatic N) is 5. The van der Waals surface area contributed by atoms with Gasteiger partial charge in [-0.2, -0.15) is 10.5 Å². The van der Waals surface area contributed by atoms with E-state index in [1.165, 1.54) is 18.2 Å². The van der Waals surface area contributed by atoms with Crippen molar-refractivity contribution in [3.8, 4) is 12.1 Å². The van der Waals surface area contributed by atoms with Gasteiger partial charge in [0.05, 0.1) is 34.5 Å². The topological polar surface area (TPSA) is 124 Å². The van der Waals surface area contributed by atoms with Crippen molar-refractivity contribution in [2.24, 2.45) is 5.41 Å². The summed E-state index contributed by atoms with van der Waals surface area (Å²) in [5.41, 5.74) is 2.06. The van der Waals surface area contributed by atoms with Gasteiger partial charge in [0.25, 0.3) is 5.69 Å². The average Bonchev–Trinajstić information content (AvgIpc) is 3.19. The highest BCUT2D eigenvalue weighted by Crippen LogP contribution is 2.55. The van der Waals surface area contributed by atoms with Gasteiger partial charge in [-0.05, 0) is 43.2 Å². The Labute approximate surface area is 207 Å². The zero-order valence-electron chi connectivity index (χ0n) is 19.6. The number of hydrogen-bond donors (Lipinski definition) is 0. The molecule has 1 aromatic heterocycles. The zero-order valence-corrected chi connectivity index (χ0v) is 19.6. The standard InChI is InChI=1S/C28H21N5O3/c1-17-8-9-21(18(2)13-17)27(34)26-25(19-5-3-6-20(14-19)33(35)36)28(15-29,16-30)24-11-10-22-23(32(24)26)7-4-12-31-22/h3-14,24-26H,1-2H3/t24-,25-,26-/m0/s1. The minimum absolute atomic E-state index is 0.169. The van der Waals surface area contributed by atoms with E-state index in [9.17, 15) is 25.4 Å². The van der Waals surface area contributed by atoms with Crippen LogP contribution in [-0.4, -0.2) is 27.8 Å². The molecule has 3 heterocycles. The number of pyridine rings is 1. The molecule has 0 N–H and O–H groups in total. The van der Waals surface area contributed by atoms with E-state index in [0.717, 1.165) is 11.1 Å². The first-order chi connectivity index (χ1) is 17.3. The number of nitriles is 2. The summed E-state index contributed by atoms with van der Waals surface area (Å²) in [4.78, 5) is 31.6. The van der Waals surface area contributed by atoms with Gasteiger partial charge in [0.1, 0.15) is 6.04 Å². The molecule has 0 bridgehead atoms. The largest absolute Gasteiger partial charge is 0.349 e. The van der Waals surface area contributed by atoms with Gasteiger partial charge in [0.2, 0.25) is 0 Å². The fraction of sp³-hybridized carbons (Fsp3) is 0.214. The molecule has 5 rings (SSSR count). The third-order valence-electron chi connectivity index (χ3n) is 7.13. The number of aromatic nitrogens is 1. The summed E-state index contributed by atoms with van der Waals surface area (Å²) in [6.07, 6.45) is 5.14. The lowest BCUT2D eigenvalue weighted by Gasteiger charge is -2.35. The Morgan fingerprint density at radius 1 is 1.11 bits per heavy atom. The maximum atomic E-state index is 14.3. The van der Waals surface area contributed by atoms with Crippen LogP contribution in [-0.2, 0) is 0 Å². The van der Waals surface area contributed by atoms with Gasteiger partial charge in [0.15, 0.2) is 11.2 Å². The molecule has 2 aliphatic heterocycles. The number of carbonyl (C=O) groups excluding carboxylic acids is 1. The van der Waals surface area contributed by atoms with E-state index in [-0.39, 0.29) is 11.5 Å². The second kappa shape index (κ2) is 8.44. The number of fused-ring (bicyclic) bond motifs is 3. The van der Waals surface area contributed by atoms with Gasteiger partial charge in [-0.3, -0.25) is 19.9 Å². The van der Waals surface area contributed by atoms with Crippen LogP contribution >= 0.6 is 0 Å². The van der Waals surface area contributed by atoms with E-state index < -0.39 is 28.3 Å². The van der Waals surface area contributed by atoms with Crippen molar-refractivity contribution in [1.82, 2.24) is 4.98 Å². The van der Waals surface area contributed by atoms with Crippen LogP contribution in [0, 0.1) is 52.0 Å². The van der Waals surface area contributed by atoms with Crippen molar-refractivity contribution in [3.05, 3.63) is 105 Å². The average molecular weight is 476 g/mol. The van der Waals surface area contributed by atoms with Crippen LogP contribution in [0.3, 0.4) is 0 Å². The molecule has 3 atom stereocenters.